The fourth-order valence-corrected chi connectivity index (χ4v) is 5.34. The van der Waals surface area contributed by atoms with Gasteiger partial charge in [0, 0.05) is 5.56 Å². The first-order valence-electron chi connectivity index (χ1n) is 5.43. The zero-order valence-electron chi connectivity index (χ0n) is 9.47. The van der Waals surface area contributed by atoms with Gasteiger partial charge in [-0.15, -0.1) is 0 Å². The summed E-state index contributed by atoms with van der Waals surface area (Å²) in [6.07, 6.45) is 3.68. The van der Waals surface area contributed by atoms with E-state index in [0.717, 1.165) is 5.56 Å². The van der Waals surface area contributed by atoms with E-state index in [-0.39, 0.29) is 0 Å². The molecule has 0 aliphatic carbocycles. The molecule has 1 nitrogen and oxygen atoms in total. The van der Waals surface area contributed by atoms with Gasteiger partial charge in [-0.1, -0.05) is 51.6 Å². The molecule has 0 bridgehead atoms. The summed E-state index contributed by atoms with van der Waals surface area (Å²) < 4.78 is 5.68. The third kappa shape index (κ3) is 1.85. The van der Waals surface area contributed by atoms with E-state index in [1.807, 2.05) is 12.3 Å². The maximum absolute atomic E-state index is 5.68. The van der Waals surface area contributed by atoms with Crippen LogP contribution in [-0.4, -0.2) is 8.07 Å². The summed E-state index contributed by atoms with van der Waals surface area (Å²) in [5, 5.41) is 1.25. The second-order valence-corrected chi connectivity index (χ2v) is 8.96. The molecule has 1 aromatic heterocycles. The Morgan fingerprint density at radius 1 is 1.29 bits per heavy atom. The molecule has 1 heterocycles. The second kappa shape index (κ2) is 4.65. The Balaban J connectivity index is 3.04. The van der Waals surface area contributed by atoms with Crippen LogP contribution in [0, 0.1) is 0 Å². The van der Waals surface area contributed by atoms with Crippen molar-refractivity contribution in [2.75, 3.05) is 0 Å². The first-order chi connectivity index (χ1) is 6.72. The molecule has 1 aromatic rings. The van der Waals surface area contributed by atoms with E-state index in [4.69, 9.17) is 4.42 Å². The normalized spacial score (nSPS) is 11.6. The van der Waals surface area contributed by atoms with Crippen LogP contribution in [0.1, 0.15) is 26.3 Å². The van der Waals surface area contributed by atoms with Crippen molar-refractivity contribution in [3.8, 4) is 0 Å². The van der Waals surface area contributed by atoms with Gasteiger partial charge in [0.15, 0.2) is 0 Å². The third-order valence-electron chi connectivity index (χ3n) is 3.41. The Morgan fingerprint density at radius 2 is 1.86 bits per heavy atom. The average molecular weight is 208 g/mol. The quantitative estimate of drug-likeness (QED) is 0.673. The van der Waals surface area contributed by atoms with Gasteiger partial charge < -0.3 is 4.42 Å². The Bertz CT molecular complexity index is 289. The van der Waals surface area contributed by atoms with E-state index >= 15 is 0 Å². The van der Waals surface area contributed by atoms with E-state index in [1.54, 1.807) is 0 Å². The molecule has 0 radical (unpaired) electrons. The first kappa shape index (κ1) is 11.3. The van der Waals surface area contributed by atoms with Gasteiger partial charge >= 0.3 is 0 Å². The Morgan fingerprint density at radius 3 is 2.21 bits per heavy atom. The molecule has 0 aliphatic rings. The van der Waals surface area contributed by atoms with Crippen molar-refractivity contribution in [3.05, 3.63) is 24.5 Å². The first-order valence-corrected chi connectivity index (χ1v) is 8.06. The van der Waals surface area contributed by atoms with Gasteiger partial charge in [0.2, 0.25) is 0 Å². The van der Waals surface area contributed by atoms with Crippen molar-refractivity contribution in [3.63, 3.8) is 0 Å². The zero-order chi connectivity index (χ0) is 10.6. The molecule has 0 unspecified atom stereocenters. The van der Waals surface area contributed by atoms with Crippen LogP contribution in [0.2, 0.25) is 18.1 Å². The van der Waals surface area contributed by atoms with Crippen molar-refractivity contribution in [2.45, 2.75) is 38.9 Å². The van der Waals surface area contributed by atoms with Crippen molar-refractivity contribution in [1.82, 2.24) is 0 Å². The van der Waals surface area contributed by atoms with Crippen molar-refractivity contribution < 1.29 is 4.42 Å². The van der Waals surface area contributed by atoms with Gasteiger partial charge in [0.05, 0.1) is 11.6 Å². The van der Waals surface area contributed by atoms with Gasteiger partial charge in [0.1, 0.15) is 8.07 Å². The lowest BCUT2D eigenvalue weighted by atomic mass is 10.3. The van der Waals surface area contributed by atoms with Gasteiger partial charge in [-0.05, 0) is 6.07 Å². The molecule has 0 N–H and O–H groups in total. The summed E-state index contributed by atoms with van der Waals surface area (Å²) in [5.41, 5.74) is 1.12. The lowest BCUT2D eigenvalue weighted by Crippen LogP contribution is -2.44. The molecule has 0 atom stereocenters. The van der Waals surface area contributed by atoms with E-state index in [2.05, 4.69) is 33.4 Å². The Kier molecular flexibility index (Phi) is 3.75. The molecule has 0 amide bonds. The molecule has 0 aliphatic heterocycles. The maximum atomic E-state index is 5.68. The Labute approximate surface area is 87.8 Å². The predicted octanol–water partition coefficient (Wildman–Crippen LogP) is 3.64. The number of hydrogen-bond donors (Lipinski definition) is 0. The maximum Gasteiger partial charge on any atom is 0.131 e. The average Bonchev–Trinajstić information content (AvgIpc) is 2.71. The minimum atomic E-state index is -1.30. The summed E-state index contributed by atoms with van der Waals surface area (Å²) >= 11 is 0. The highest BCUT2D eigenvalue weighted by molar-refractivity contribution is 6.90. The lowest BCUT2D eigenvalue weighted by Gasteiger charge is -2.24. The molecule has 1 rings (SSSR count). The number of furan rings is 1. The fraction of sp³-hybridized carbons (Fsp3) is 0.500. The topological polar surface area (TPSA) is 13.1 Å². The minimum Gasteiger partial charge on any atom is -0.474 e. The van der Waals surface area contributed by atoms with E-state index in [9.17, 15) is 0 Å². The summed E-state index contributed by atoms with van der Waals surface area (Å²) in [4.78, 5) is 0. The fourth-order valence-electron chi connectivity index (χ4n) is 2.01. The van der Waals surface area contributed by atoms with Crippen LogP contribution in [-0.2, 0) is 0 Å². The predicted molar refractivity (Wildman–Crippen MR) is 65.6 cm³/mol. The SMILES string of the molecule is C=Cc1coc([Si](CC)(CC)CC)c1. The van der Waals surface area contributed by atoms with E-state index in [0.29, 0.717) is 0 Å². The van der Waals surface area contributed by atoms with Crippen LogP contribution >= 0.6 is 0 Å². The molecule has 0 saturated heterocycles. The minimum absolute atomic E-state index is 1.12. The second-order valence-electron chi connectivity index (χ2n) is 3.79. The molecule has 0 aromatic carbocycles. The smallest absolute Gasteiger partial charge is 0.131 e. The molecule has 0 saturated carbocycles. The van der Waals surface area contributed by atoms with E-state index < -0.39 is 8.07 Å². The molecule has 0 fully saturated rings. The molecule has 14 heavy (non-hydrogen) atoms. The number of rotatable bonds is 5. The van der Waals surface area contributed by atoms with Gasteiger partial charge in [0.25, 0.3) is 0 Å². The molecular weight excluding hydrogens is 188 g/mol. The summed E-state index contributed by atoms with van der Waals surface area (Å²) in [6, 6.07) is 5.98. The van der Waals surface area contributed by atoms with Gasteiger partial charge in [-0.2, -0.15) is 0 Å². The van der Waals surface area contributed by atoms with Crippen LogP contribution in [0.15, 0.2) is 23.3 Å². The standard InChI is InChI=1S/C12H20OSi/c1-5-11-9-12(13-10-11)14(6-2,7-3)8-4/h5,9-10H,1,6-8H2,2-4H3. The lowest BCUT2D eigenvalue weighted by molar-refractivity contribution is 0.594. The van der Waals surface area contributed by atoms with Crippen LogP contribution < -0.4 is 5.38 Å². The van der Waals surface area contributed by atoms with Crippen LogP contribution in [0.5, 0.6) is 0 Å². The summed E-state index contributed by atoms with van der Waals surface area (Å²) in [7, 11) is -1.30. The van der Waals surface area contributed by atoms with Crippen molar-refractivity contribution >= 4 is 19.5 Å². The van der Waals surface area contributed by atoms with Gasteiger partial charge in [-0.25, -0.2) is 0 Å². The zero-order valence-corrected chi connectivity index (χ0v) is 10.5. The molecule has 2 heteroatoms. The molecular formula is C12H20OSi. The number of hydrogen-bond acceptors (Lipinski definition) is 1. The van der Waals surface area contributed by atoms with Crippen LogP contribution in [0.25, 0.3) is 6.08 Å². The third-order valence-corrected chi connectivity index (χ3v) is 8.78. The Hall–Kier alpha value is -0.763. The van der Waals surface area contributed by atoms with Crippen molar-refractivity contribution in [1.29, 1.82) is 0 Å². The highest BCUT2D eigenvalue weighted by Crippen LogP contribution is 2.21. The van der Waals surface area contributed by atoms with Crippen molar-refractivity contribution in [2.24, 2.45) is 0 Å². The monoisotopic (exact) mass is 208 g/mol. The van der Waals surface area contributed by atoms with Crippen LogP contribution in [0.3, 0.4) is 0 Å². The van der Waals surface area contributed by atoms with Crippen LogP contribution in [0.4, 0.5) is 0 Å². The highest BCUT2D eigenvalue weighted by atomic mass is 28.3. The van der Waals surface area contributed by atoms with E-state index in [1.165, 1.54) is 23.5 Å². The largest absolute Gasteiger partial charge is 0.474 e. The molecule has 0 spiro atoms. The molecule has 78 valence electrons. The van der Waals surface area contributed by atoms with Gasteiger partial charge in [-0.3, -0.25) is 0 Å². The summed E-state index contributed by atoms with van der Waals surface area (Å²) in [5.74, 6) is 0. The highest BCUT2D eigenvalue weighted by Gasteiger charge is 2.32. The summed E-state index contributed by atoms with van der Waals surface area (Å²) in [6.45, 7) is 10.6.